The van der Waals surface area contributed by atoms with Crippen LogP contribution in [0.3, 0.4) is 0 Å². The lowest BCUT2D eigenvalue weighted by atomic mass is 9.64. The topological polar surface area (TPSA) is 66.8 Å². The predicted octanol–water partition coefficient (Wildman–Crippen LogP) is 2.58. The van der Waals surface area contributed by atoms with Gasteiger partial charge in [-0.2, -0.15) is 0 Å². The lowest BCUT2D eigenvalue weighted by Crippen LogP contribution is -2.44. The molecule has 21 heavy (non-hydrogen) atoms. The lowest BCUT2D eigenvalue weighted by molar-refractivity contribution is -0.153. The Labute approximate surface area is 127 Å². The molecule has 1 saturated carbocycles. The summed E-state index contributed by atoms with van der Waals surface area (Å²) in [6.45, 7) is 4.35. The largest absolute Gasteiger partial charge is 0.465 e. The normalized spacial score (nSPS) is 32.5. The molecule has 2 aliphatic rings. The van der Waals surface area contributed by atoms with Crippen molar-refractivity contribution >= 4 is 5.97 Å². The summed E-state index contributed by atoms with van der Waals surface area (Å²) < 4.78 is 5.60. The van der Waals surface area contributed by atoms with Gasteiger partial charge in [-0.05, 0) is 38.5 Å². The van der Waals surface area contributed by atoms with Gasteiger partial charge in [0, 0.05) is 5.41 Å². The molecule has 2 rings (SSSR count). The molecule has 4 nitrogen and oxygen atoms in total. The van der Waals surface area contributed by atoms with Gasteiger partial charge in [0.15, 0.2) is 0 Å². The highest BCUT2D eigenvalue weighted by Crippen LogP contribution is 2.47. The number of carbonyl (C=O) groups is 1. The maximum absolute atomic E-state index is 12.1. The molecule has 1 fully saturated rings. The monoisotopic (exact) mass is 296 g/mol. The van der Waals surface area contributed by atoms with Crippen LogP contribution in [0.1, 0.15) is 58.8 Å². The molecular formula is C17H28O4. The lowest BCUT2D eigenvalue weighted by Gasteiger charge is -2.44. The number of aliphatic hydroxyl groups is 2. The number of esters is 1. The third-order valence-electron chi connectivity index (χ3n) is 5.21. The zero-order chi connectivity index (χ0) is 15.5. The fraction of sp³-hybridized carbons (Fsp3) is 0.824. The summed E-state index contributed by atoms with van der Waals surface area (Å²) in [6.07, 6.45) is 6.41. The first-order chi connectivity index (χ1) is 10.0. The van der Waals surface area contributed by atoms with Crippen molar-refractivity contribution in [1.82, 2.24) is 0 Å². The van der Waals surface area contributed by atoms with Crippen molar-refractivity contribution < 1.29 is 19.7 Å². The average Bonchev–Trinajstić information content (AvgIpc) is 2.48. The molecular weight excluding hydrogens is 268 g/mol. The van der Waals surface area contributed by atoms with Crippen LogP contribution in [0.4, 0.5) is 0 Å². The van der Waals surface area contributed by atoms with Crippen LogP contribution in [0.25, 0.3) is 0 Å². The summed E-state index contributed by atoms with van der Waals surface area (Å²) in [6, 6.07) is 0. The van der Waals surface area contributed by atoms with Crippen LogP contribution in [0.2, 0.25) is 0 Å². The second-order valence-electron chi connectivity index (χ2n) is 6.56. The van der Waals surface area contributed by atoms with Gasteiger partial charge in [-0.25, -0.2) is 0 Å². The first-order valence-electron chi connectivity index (χ1n) is 8.26. The van der Waals surface area contributed by atoms with Crippen molar-refractivity contribution in [2.75, 3.05) is 6.61 Å². The third-order valence-corrected chi connectivity index (χ3v) is 5.21. The maximum atomic E-state index is 12.1. The van der Waals surface area contributed by atoms with E-state index in [1.54, 1.807) is 6.08 Å². The summed E-state index contributed by atoms with van der Waals surface area (Å²) >= 11 is 0. The number of fused-ring (bicyclic) bond motifs is 1. The molecule has 2 unspecified atom stereocenters. The van der Waals surface area contributed by atoms with E-state index >= 15 is 0 Å². The molecule has 0 saturated heterocycles. The van der Waals surface area contributed by atoms with Gasteiger partial charge in [-0.15, -0.1) is 0 Å². The number of hydrogen-bond acceptors (Lipinski definition) is 4. The maximum Gasteiger partial charge on any atom is 0.308 e. The van der Waals surface area contributed by atoms with Crippen molar-refractivity contribution in [3.8, 4) is 0 Å². The molecule has 120 valence electrons. The van der Waals surface area contributed by atoms with Crippen molar-refractivity contribution in [2.45, 2.75) is 71.0 Å². The number of carbonyl (C=O) groups excluding carboxylic acids is 1. The van der Waals surface area contributed by atoms with Crippen LogP contribution in [0.15, 0.2) is 11.6 Å². The van der Waals surface area contributed by atoms with Crippen LogP contribution < -0.4 is 0 Å². The number of hydrogen-bond donors (Lipinski definition) is 2. The Morgan fingerprint density at radius 2 is 2.10 bits per heavy atom. The Morgan fingerprint density at radius 3 is 2.76 bits per heavy atom. The van der Waals surface area contributed by atoms with E-state index in [1.165, 1.54) is 5.57 Å². The van der Waals surface area contributed by atoms with E-state index in [0.717, 1.165) is 38.5 Å². The standard InChI is InChI=1S/C17H28O4/c1-3-12(4-2)16(20)21-11-17-8-6-5-7-13(17)9-14(18)15(19)10-17/h9,12,14-15,18-19H,3-8,10-11H2,1-2H3/t14?,15?,17-/m0/s1. The molecule has 2 N–H and O–H groups in total. The fourth-order valence-corrected chi connectivity index (χ4v) is 3.71. The van der Waals surface area contributed by atoms with E-state index in [9.17, 15) is 15.0 Å². The van der Waals surface area contributed by atoms with Gasteiger partial charge in [0.25, 0.3) is 0 Å². The highest BCUT2D eigenvalue weighted by atomic mass is 16.5. The summed E-state index contributed by atoms with van der Waals surface area (Å²) in [5.41, 5.74) is 0.919. The Bertz CT molecular complexity index is 400. The molecule has 0 aromatic carbocycles. The van der Waals surface area contributed by atoms with Gasteiger partial charge in [0.05, 0.1) is 18.1 Å². The van der Waals surface area contributed by atoms with Gasteiger partial charge >= 0.3 is 5.97 Å². The van der Waals surface area contributed by atoms with E-state index in [-0.39, 0.29) is 17.3 Å². The van der Waals surface area contributed by atoms with Crippen LogP contribution in [-0.2, 0) is 9.53 Å². The van der Waals surface area contributed by atoms with E-state index in [2.05, 4.69) is 0 Å². The highest BCUT2D eigenvalue weighted by Gasteiger charge is 2.44. The minimum atomic E-state index is -0.777. The Kier molecular flexibility index (Phi) is 5.44. The van der Waals surface area contributed by atoms with E-state index in [0.29, 0.717) is 13.0 Å². The predicted molar refractivity (Wildman–Crippen MR) is 80.6 cm³/mol. The van der Waals surface area contributed by atoms with E-state index in [1.807, 2.05) is 13.8 Å². The summed E-state index contributed by atoms with van der Waals surface area (Å²) in [5.74, 6) is -0.156. The smallest absolute Gasteiger partial charge is 0.308 e. The number of ether oxygens (including phenoxy) is 1. The Hall–Kier alpha value is -0.870. The van der Waals surface area contributed by atoms with Crippen LogP contribution in [0, 0.1) is 11.3 Å². The summed E-state index contributed by atoms with van der Waals surface area (Å²) in [7, 11) is 0. The van der Waals surface area contributed by atoms with E-state index in [4.69, 9.17) is 4.74 Å². The van der Waals surface area contributed by atoms with Gasteiger partial charge in [0.1, 0.15) is 6.61 Å². The van der Waals surface area contributed by atoms with Gasteiger partial charge in [0.2, 0.25) is 0 Å². The molecule has 3 atom stereocenters. The summed E-state index contributed by atoms with van der Waals surface area (Å²) in [5, 5.41) is 19.9. The molecule has 0 aliphatic heterocycles. The fourth-order valence-electron chi connectivity index (χ4n) is 3.71. The second kappa shape index (κ2) is 6.93. The van der Waals surface area contributed by atoms with Gasteiger partial charge < -0.3 is 14.9 Å². The summed E-state index contributed by atoms with van der Waals surface area (Å²) in [4.78, 5) is 12.1. The average molecular weight is 296 g/mol. The SMILES string of the molecule is CCC(CC)C(=O)OC[C@@]12CCCCC1=CC(O)C(O)C2. The Balaban J connectivity index is 2.08. The van der Waals surface area contributed by atoms with Gasteiger partial charge in [-0.3, -0.25) is 4.79 Å². The van der Waals surface area contributed by atoms with E-state index < -0.39 is 12.2 Å². The molecule has 4 heteroatoms. The highest BCUT2D eigenvalue weighted by molar-refractivity contribution is 5.72. The minimum Gasteiger partial charge on any atom is -0.465 e. The molecule has 0 bridgehead atoms. The molecule has 0 amide bonds. The number of rotatable bonds is 5. The molecule has 0 aromatic heterocycles. The van der Waals surface area contributed by atoms with Crippen molar-refractivity contribution in [1.29, 1.82) is 0 Å². The molecule has 0 radical (unpaired) electrons. The molecule has 2 aliphatic carbocycles. The zero-order valence-electron chi connectivity index (χ0n) is 13.2. The first kappa shape index (κ1) is 16.5. The van der Waals surface area contributed by atoms with Crippen LogP contribution >= 0.6 is 0 Å². The quantitative estimate of drug-likeness (QED) is 0.604. The first-order valence-corrected chi connectivity index (χ1v) is 8.26. The third kappa shape index (κ3) is 3.49. The molecule has 0 aromatic rings. The minimum absolute atomic E-state index is 0.0310. The van der Waals surface area contributed by atoms with Gasteiger partial charge in [-0.1, -0.05) is 31.9 Å². The van der Waals surface area contributed by atoms with Crippen molar-refractivity contribution in [3.05, 3.63) is 11.6 Å². The van der Waals surface area contributed by atoms with Crippen molar-refractivity contribution in [3.63, 3.8) is 0 Å². The second-order valence-corrected chi connectivity index (χ2v) is 6.56. The number of aliphatic hydroxyl groups excluding tert-OH is 2. The molecule has 0 spiro atoms. The zero-order valence-corrected chi connectivity index (χ0v) is 13.2. The van der Waals surface area contributed by atoms with Crippen molar-refractivity contribution in [2.24, 2.45) is 11.3 Å². The molecule has 0 heterocycles. The Morgan fingerprint density at radius 1 is 1.38 bits per heavy atom. The van der Waals surface area contributed by atoms with Crippen LogP contribution in [0.5, 0.6) is 0 Å². The van der Waals surface area contributed by atoms with Crippen LogP contribution in [-0.4, -0.2) is 35.0 Å².